The molecule has 196 valence electrons. The minimum absolute atomic E-state index is 0. The summed E-state index contributed by atoms with van der Waals surface area (Å²) in [5.74, 6) is -0.0610. The Balaban J connectivity index is 0.00000220. The van der Waals surface area contributed by atoms with Crippen LogP contribution in [0, 0.1) is 5.82 Å². The molecule has 0 saturated carbocycles. The number of benzene rings is 2. The lowest BCUT2D eigenvalue weighted by Crippen LogP contribution is -2.24. The van der Waals surface area contributed by atoms with Gasteiger partial charge in [0.1, 0.15) is 17.2 Å². The molecule has 38 heavy (non-hydrogen) atoms. The van der Waals surface area contributed by atoms with Gasteiger partial charge < -0.3 is 19.9 Å². The highest BCUT2D eigenvalue weighted by atomic mass is 19.1. The molecular formula is C30H32FN5O2. The Morgan fingerprint density at radius 3 is 2.63 bits per heavy atom. The van der Waals surface area contributed by atoms with Gasteiger partial charge in [0.2, 0.25) is 0 Å². The van der Waals surface area contributed by atoms with E-state index in [1.54, 1.807) is 39.7 Å². The van der Waals surface area contributed by atoms with Crippen molar-refractivity contribution in [2.45, 2.75) is 6.42 Å². The first-order valence-electron chi connectivity index (χ1n) is 12.3. The van der Waals surface area contributed by atoms with Crippen LogP contribution in [0.15, 0.2) is 79.3 Å². The molecule has 0 atom stereocenters. The molecule has 0 unspecified atom stereocenters. The molecule has 2 N–H and O–H groups in total. The predicted octanol–water partition coefficient (Wildman–Crippen LogP) is 6.29. The smallest absolute Gasteiger partial charge is 0.255 e. The van der Waals surface area contributed by atoms with E-state index >= 15 is 4.39 Å². The number of methoxy groups -OCH3 is 1. The Bertz CT molecular complexity index is 1610. The number of aromatic amines is 1. The molecule has 1 amide bonds. The number of fused-ring (bicyclic) bond motifs is 1. The van der Waals surface area contributed by atoms with E-state index in [0.717, 1.165) is 28.0 Å². The minimum Gasteiger partial charge on any atom is -0.496 e. The van der Waals surface area contributed by atoms with Gasteiger partial charge >= 0.3 is 0 Å². The van der Waals surface area contributed by atoms with Gasteiger partial charge in [-0.1, -0.05) is 24.3 Å². The largest absolute Gasteiger partial charge is 0.496 e. The number of amides is 1. The summed E-state index contributed by atoms with van der Waals surface area (Å²) in [5.41, 5.74) is 5.11. The normalized spacial score (nSPS) is 10.9. The summed E-state index contributed by atoms with van der Waals surface area (Å²) in [6.07, 6.45) is 5.88. The van der Waals surface area contributed by atoms with Crippen molar-refractivity contribution in [2.24, 2.45) is 0 Å². The van der Waals surface area contributed by atoms with Crippen LogP contribution in [0.1, 0.15) is 18.9 Å². The van der Waals surface area contributed by atoms with Gasteiger partial charge in [-0.25, -0.2) is 9.37 Å². The number of pyridine rings is 2. The number of aromatic nitrogens is 3. The molecule has 0 fully saturated rings. The second-order valence-corrected chi connectivity index (χ2v) is 9.10. The topological polar surface area (TPSA) is 83.1 Å². The molecule has 5 aromatic rings. The van der Waals surface area contributed by atoms with Crippen LogP contribution in [0.25, 0.3) is 33.3 Å². The number of carbonyl (C=O) groups excluding carboxylic acids is 1. The van der Waals surface area contributed by atoms with Crippen LogP contribution >= 0.6 is 0 Å². The first kappa shape index (κ1) is 25.0. The van der Waals surface area contributed by atoms with Crippen LogP contribution in [0.2, 0.25) is 0 Å². The lowest BCUT2D eigenvalue weighted by molar-refractivity contribution is 0.0828. The molecule has 0 saturated heterocycles. The third kappa shape index (κ3) is 4.93. The number of H-pyrrole nitrogens is 1. The average molecular weight is 514 g/mol. The first-order chi connectivity index (χ1) is 18.5. The van der Waals surface area contributed by atoms with Crippen LogP contribution in [-0.2, 0) is 6.42 Å². The second-order valence-electron chi connectivity index (χ2n) is 9.10. The number of ether oxygens (including phenoxy) is 1. The van der Waals surface area contributed by atoms with Crippen molar-refractivity contribution in [3.05, 3.63) is 96.3 Å². The van der Waals surface area contributed by atoms with E-state index in [2.05, 4.69) is 20.3 Å². The quantitative estimate of drug-likeness (QED) is 0.255. The minimum atomic E-state index is -0.507. The summed E-state index contributed by atoms with van der Waals surface area (Å²) < 4.78 is 21.1. The number of halogens is 1. The summed E-state index contributed by atoms with van der Waals surface area (Å²) in [7, 11) is 4.93. The highest BCUT2D eigenvalue weighted by molar-refractivity contribution is 6.02. The van der Waals surface area contributed by atoms with Crippen molar-refractivity contribution in [1.29, 1.82) is 0 Å². The van der Waals surface area contributed by atoms with E-state index in [4.69, 9.17) is 4.74 Å². The number of anilines is 1. The van der Waals surface area contributed by atoms with Gasteiger partial charge in [-0.15, -0.1) is 0 Å². The molecule has 2 aromatic carbocycles. The number of hydrogen-bond donors (Lipinski definition) is 2. The molecule has 5 rings (SSSR count). The molecule has 7 nitrogen and oxygen atoms in total. The Morgan fingerprint density at radius 2 is 1.87 bits per heavy atom. The average Bonchev–Trinajstić information content (AvgIpc) is 3.37. The molecule has 0 aliphatic carbocycles. The predicted molar refractivity (Wildman–Crippen MR) is 152 cm³/mol. The van der Waals surface area contributed by atoms with E-state index in [9.17, 15) is 4.79 Å². The molecule has 8 heteroatoms. The highest BCUT2D eigenvalue weighted by Crippen LogP contribution is 2.37. The molecule has 0 spiro atoms. The fourth-order valence-electron chi connectivity index (χ4n) is 4.48. The molecule has 3 heterocycles. The molecule has 3 aromatic heterocycles. The number of carbonyl (C=O) groups is 1. The van der Waals surface area contributed by atoms with E-state index < -0.39 is 5.82 Å². The van der Waals surface area contributed by atoms with Gasteiger partial charge in [0, 0.05) is 76.3 Å². The zero-order chi connectivity index (χ0) is 26.6. The van der Waals surface area contributed by atoms with Crippen molar-refractivity contribution in [1.82, 2.24) is 19.9 Å². The van der Waals surface area contributed by atoms with Crippen molar-refractivity contribution in [3.63, 3.8) is 0 Å². The monoisotopic (exact) mass is 513 g/mol. The number of hydrogen-bond acceptors (Lipinski definition) is 5. The summed E-state index contributed by atoms with van der Waals surface area (Å²) in [5, 5.41) is 3.98. The van der Waals surface area contributed by atoms with Gasteiger partial charge in [0.25, 0.3) is 5.91 Å². The molecular weight excluding hydrogens is 481 g/mol. The molecule has 0 aliphatic heterocycles. The number of nitrogens with zero attached hydrogens (tertiary/aromatic N) is 3. The summed E-state index contributed by atoms with van der Waals surface area (Å²) in [6.45, 7) is 0.431. The van der Waals surface area contributed by atoms with Gasteiger partial charge in [0.05, 0.1) is 18.4 Å². The maximum atomic E-state index is 15.6. The fraction of sp³-hybridized carbons (Fsp3) is 0.167. The van der Waals surface area contributed by atoms with Crippen molar-refractivity contribution < 1.29 is 16.8 Å². The third-order valence-electron chi connectivity index (χ3n) is 6.40. The lowest BCUT2D eigenvalue weighted by Gasteiger charge is -2.18. The molecule has 0 radical (unpaired) electrons. The summed E-state index contributed by atoms with van der Waals surface area (Å²) >= 11 is 0. The zero-order valence-corrected chi connectivity index (χ0v) is 21.5. The third-order valence-corrected chi connectivity index (χ3v) is 6.40. The van der Waals surface area contributed by atoms with Crippen molar-refractivity contribution in [3.8, 4) is 28.0 Å². The van der Waals surface area contributed by atoms with Gasteiger partial charge in [-0.2, -0.15) is 0 Å². The molecule has 0 bridgehead atoms. The summed E-state index contributed by atoms with van der Waals surface area (Å²) in [4.78, 5) is 26.6. The summed E-state index contributed by atoms with van der Waals surface area (Å²) in [6, 6.07) is 18.5. The van der Waals surface area contributed by atoms with Gasteiger partial charge in [-0.3, -0.25) is 9.78 Å². The maximum absolute atomic E-state index is 15.6. The van der Waals surface area contributed by atoms with E-state index in [-0.39, 0.29) is 20.0 Å². The lowest BCUT2D eigenvalue weighted by atomic mass is 9.99. The maximum Gasteiger partial charge on any atom is 0.255 e. The first-order valence-corrected chi connectivity index (χ1v) is 12.3. The molecule has 0 aliphatic rings. The standard InChI is InChI=1S/C30H28FN5O2.2H2/c1-36(2)30(37)24-14-19(16-26(31)28(24)33-13-11-21-8-6-7-12-32-21)20-15-23-25(18-35-29(23)34-17-20)22-9-4-5-10-27(22)38-3;;/h4-10,12,14-18,33H,11,13H2,1-3H3,(H,34,35);2*1H. The second kappa shape index (κ2) is 10.7. The Morgan fingerprint density at radius 1 is 1.05 bits per heavy atom. The van der Waals surface area contributed by atoms with Gasteiger partial charge in [0.15, 0.2) is 0 Å². The van der Waals surface area contributed by atoms with Crippen LogP contribution in [0.4, 0.5) is 10.1 Å². The van der Waals surface area contributed by atoms with Crippen LogP contribution in [0.3, 0.4) is 0 Å². The number of rotatable bonds is 8. The Hall–Kier alpha value is -4.72. The Labute approximate surface area is 223 Å². The van der Waals surface area contributed by atoms with E-state index in [1.807, 2.05) is 54.7 Å². The van der Waals surface area contributed by atoms with Crippen LogP contribution in [0.5, 0.6) is 5.75 Å². The van der Waals surface area contributed by atoms with Gasteiger partial charge in [-0.05, 0) is 42.0 Å². The van der Waals surface area contributed by atoms with Crippen molar-refractivity contribution >= 4 is 22.6 Å². The number of nitrogens with one attached hydrogen (secondary N) is 2. The van der Waals surface area contributed by atoms with Crippen molar-refractivity contribution in [2.75, 3.05) is 33.1 Å². The Kier molecular flexibility index (Phi) is 7.04. The number of para-hydroxylation sites is 1. The van der Waals surface area contributed by atoms with E-state index in [1.165, 1.54) is 11.0 Å². The fourth-order valence-corrected chi connectivity index (χ4v) is 4.48. The zero-order valence-electron chi connectivity index (χ0n) is 21.5. The SMILES string of the molecule is COc1ccccc1-c1c[nH]c2ncc(-c3cc(F)c(NCCc4ccccn4)c(C(=O)N(C)C)c3)cc12.[HH].[HH]. The van der Waals surface area contributed by atoms with Crippen LogP contribution < -0.4 is 10.1 Å². The highest BCUT2D eigenvalue weighted by Gasteiger charge is 2.20. The van der Waals surface area contributed by atoms with Crippen LogP contribution in [-0.4, -0.2) is 53.5 Å². The van der Waals surface area contributed by atoms with E-state index in [0.29, 0.717) is 29.7 Å².